The van der Waals surface area contributed by atoms with E-state index in [-0.39, 0.29) is 0 Å². The Kier molecular flexibility index (Phi) is 3.55. The van der Waals surface area contributed by atoms with Crippen molar-refractivity contribution in [1.29, 1.82) is 0 Å². The van der Waals surface area contributed by atoms with Crippen LogP contribution in [0, 0.1) is 0 Å². The highest BCUT2D eigenvalue weighted by molar-refractivity contribution is 8.15. The van der Waals surface area contributed by atoms with E-state index in [2.05, 4.69) is 0 Å². The van der Waals surface area contributed by atoms with Gasteiger partial charge in [0.25, 0.3) is 0 Å². The fourth-order valence-electron chi connectivity index (χ4n) is 1.56. The van der Waals surface area contributed by atoms with Gasteiger partial charge in [-0.15, -0.1) is 0 Å². The van der Waals surface area contributed by atoms with Crippen molar-refractivity contribution >= 4 is 19.7 Å². The third kappa shape index (κ3) is 2.33. The summed E-state index contributed by atoms with van der Waals surface area (Å²) < 4.78 is 27.2. The molecule has 3 nitrogen and oxygen atoms in total. The lowest BCUT2D eigenvalue weighted by molar-refractivity contribution is 0.304. The molecule has 0 amide bonds. The van der Waals surface area contributed by atoms with E-state index in [0.29, 0.717) is 11.3 Å². The van der Waals surface area contributed by atoms with Crippen LogP contribution in [0.1, 0.15) is 20.8 Å². The maximum Gasteiger partial charge on any atom is 0.245 e. The minimum atomic E-state index is -3.75. The first-order chi connectivity index (χ1) is 7.20. The van der Waals surface area contributed by atoms with Gasteiger partial charge in [0.2, 0.25) is 9.05 Å². The van der Waals surface area contributed by atoms with Crippen LogP contribution in [0.25, 0.3) is 0 Å². The van der Waals surface area contributed by atoms with Gasteiger partial charge in [-0.2, -0.15) is 0 Å². The summed E-state index contributed by atoms with van der Waals surface area (Å²) in [5.74, 6) is 0.498. The van der Waals surface area contributed by atoms with Crippen molar-refractivity contribution in [2.45, 2.75) is 25.5 Å². The molecule has 16 heavy (non-hydrogen) atoms. The van der Waals surface area contributed by atoms with Crippen molar-refractivity contribution in [3.8, 4) is 0 Å². The van der Waals surface area contributed by atoms with Crippen molar-refractivity contribution in [3.63, 3.8) is 0 Å². The van der Waals surface area contributed by atoms with Crippen LogP contribution in [-0.4, -0.2) is 20.3 Å². The van der Waals surface area contributed by atoms with E-state index >= 15 is 0 Å². The second kappa shape index (κ2) is 4.26. The highest BCUT2D eigenvalue weighted by Gasteiger charge is 2.39. The quantitative estimate of drug-likeness (QED) is 0.719. The van der Waals surface area contributed by atoms with E-state index < -0.39 is 13.8 Å². The van der Waals surface area contributed by atoms with Crippen LogP contribution in [-0.2, 0) is 13.8 Å². The van der Waals surface area contributed by atoms with Crippen LogP contribution in [0.3, 0.4) is 0 Å². The molecule has 0 aliphatic heterocycles. The molecule has 1 unspecified atom stereocenters. The van der Waals surface area contributed by atoms with Gasteiger partial charge in [0.15, 0.2) is 0 Å². The number of hydrogen-bond acceptors (Lipinski definition) is 3. The summed E-state index contributed by atoms with van der Waals surface area (Å²) in [5.41, 5.74) is 1.60. The summed E-state index contributed by atoms with van der Waals surface area (Å²) in [5, 5.41) is 0. The second-order valence-electron chi connectivity index (χ2n) is 4.01. The molecular weight excluding hydrogens is 248 g/mol. The molecule has 0 aromatic heterocycles. The van der Waals surface area contributed by atoms with Gasteiger partial charge in [-0.05, 0) is 44.1 Å². The summed E-state index contributed by atoms with van der Waals surface area (Å²) in [7, 11) is 3.25. The number of hydrogen-bond donors (Lipinski definition) is 0. The monoisotopic (exact) mass is 262 g/mol. The fourth-order valence-corrected chi connectivity index (χ4v) is 2.76. The average molecular weight is 263 g/mol. The van der Waals surface area contributed by atoms with Gasteiger partial charge in [-0.1, -0.05) is 6.08 Å². The van der Waals surface area contributed by atoms with Crippen LogP contribution in [0.2, 0.25) is 0 Å². The lowest BCUT2D eigenvalue weighted by Crippen LogP contribution is -2.31. The van der Waals surface area contributed by atoms with E-state index in [1.54, 1.807) is 26.0 Å². The Balaban J connectivity index is 3.48. The maximum absolute atomic E-state index is 11.6. The third-order valence-corrected chi connectivity index (χ3v) is 5.17. The Hall–Kier alpha value is -0.740. The van der Waals surface area contributed by atoms with E-state index in [1.165, 1.54) is 13.2 Å². The van der Waals surface area contributed by atoms with Crippen LogP contribution < -0.4 is 0 Å². The van der Waals surface area contributed by atoms with E-state index in [0.717, 1.165) is 5.57 Å². The summed E-state index contributed by atoms with van der Waals surface area (Å²) in [6.45, 7) is 5.18. The first kappa shape index (κ1) is 13.3. The van der Waals surface area contributed by atoms with Crippen LogP contribution in [0.5, 0.6) is 0 Å². The molecule has 0 saturated carbocycles. The summed E-state index contributed by atoms with van der Waals surface area (Å²) in [4.78, 5) is 0. The SMILES string of the molecule is COC1=CC(C)(S(=O)(=O)Cl)C(C)=CC(C)=C1. The van der Waals surface area contributed by atoms with Crippen molar-refractivity contribution in [3.05, 3.63) is 35.1 Å². The Morgan fingerprint density at radius 1 is 1.31 bits per heavy atom. The predicted molar refractivity (Wildman–Crippen MR) is 65.8 cm³/mol. The van der Waals surface area contributed by atoms with Gasteiger partial charge in [0.1, 0.15) is 10.5 Å². The molecule has 1 aliphatic carbocycles. The molecule has 0 aromatic carbocycles. The zero-order valence-electron chi connectivity index (χ0n) is 9.74. The molecule has 1 atom stereocenters. The highest BCUT2D eigenvalue weighted by Crippen LogP contribution is 2.35. The Morgan fingerprint density at radius 3 is 2.31 bits per heavy atom. The summed E-state index contributed by atoms with van der Waals surface area (Å²) in [6, 6.07) is 0. The smallest absolute Gasteiger partial charge is 0.245 e. The van der Waals surface area contributed by atoms with Crippen LogP contribution >= 0.6 is 10.7 Å². The molecule has 1 rings (SSSR count). The molecular formula is C11H15ClO3S. The molecule has 1 aliphatic rings. The van der Waals surface area contributed by atoms with E-state index in [9.17, 15) is 8.42 Å². The summed E-state index contributed by atoms with van der Waals surface area (Å²) >= 11 is 0. The van der Waals surface area contributed by atoms with Crippen molar-refractivity contribution < 1.29 is 13.2 Å². The topological polar surface area (TPSA) is 43.4 Å². The number of methoxy groups -OCH3 is 1. The average Bonchev–Trinajstić information content (AvgIpc) is 2.24. The van der Waals surface area contributed by atoms with Gasteiger partial charge in [0, 0.05) is 10.7 Å². The molecule has 0 heterocycles. The fraction of sp³-hybridized carbons (Fsp3) is 0.455. The lowest BCUT2D eigenvalue weighted by Gasteiger charge is -2.23. The molecule has 0 fully saturated rings. The van der Waals surface area contributed by atoms with Crippen molar-refractivity contribution in [2.24, 2.45) is 0 Å². The maximum atomic E-state index is 11.6. The number of allylic oxidation sites excluding steroid dienone is 3. The highest BCUT2D eigenvalue weighted by atomic mass is 35.7. The molecule has 0 radical (unpaired) electrons. The Morgan fingerprint density at radius 2 is 1.88 bits per heavy atom. The number of ether oxygens (including phenoxy) is 1. The van der Waals surface area contributed by atoms with Gasteiger partial charge in [0.05, 0.1) is 7.11 Å². The van der Waals surface area contributed by atoms with E-state index in [1.807, 2.05) is 6.92 Å². The lowest BCUT2D eigenvalue weighted by atomic mass is 10.0. The molecule has 0 aromatic rings. The van der Waals surface area contributed by atoms with Gasteiger partial charge in [-0.25, -0.2) is 8.42 Å². The van der Waals surface area contributed by atoms with Gasteiger partial charge < -0.3 is 4.74 Å². The van der Waals surface area contributed by atoms with Crippen molar-refractivity contribution in [2.75, 3.05) is 7.11 Å². The molecule has 0 spiro atoms. The number of halogens is 1. The van der Waals surface area contributed by atoms with Crippen molar-refractivity contribution in [1.82, 2.24) is 0 Å². The molecule has 0 N–H and O–H groups in total. The second-order valence-corrected chi connectivity index (χ2v) is 6.95. The number of rotatable bonds is 2. The standard InChI is InChI=1S/C11H15ClO3S/c1-8-5-9(2)11(3,16(12,13)14)7-10(6-8)15-4/h5-7H,1-4H3. The Labute approximate surface area is 101 Å². The molecule has 90 valence electrons. The molecule has 0 bridgehead atoms. The largest absolute Gasteiger partial charge is 0.497 e. The zero-order valence-corrected chi connectivity index (χ0v) is 11.3. The van der Waals surface area contributed by atoms with E-state index in [4.69, 9.17) is 15.4 Å². The van der Waals surface area contributed by atoms with Crippen LogP contribution in [0.15, 0.2) is 35.1 Å². The minimum absolute atomic E-state index is 0.498. The normalized spacial score (nSPS) is 26.4. The zero-order chi connectivity index (χ0) is 12.6. The minimum Gasteiger partial charge on any atom is -0.497 e. The van der Waals surface area contributed by atoms with Gasteiger partial charge in [-0.3, -0.25) is 0 Å². The Bertz CT molecular complexity index is 485. The molecule has 0 saturated heterocycles. The first-order valence-electron chi connectivity index (χ1n) is 4.79. The third-order valence-electron chi connectivity index (χ3n) is 2.76. The van der Waals surface area contributed by atoms with Crippen LogP contribution in [0.4, 0.5) is 0 Å². The summed E-state index contributed by atoms with van der Waals surface area (Å²) in [6.07, 6.45) is 5.09. The molecule has 5 heteroatoms. The first-order valence-corrected chi connectivity index (χ1v) is 7.10. The van der Waals surface area contributed by atoms with Gasteiger partial charge >= 0.3 is 0 Å². The predicted octanol–water partition coefficient (Wildman–Crippen LogP) is 2.75.